The highest BCUT2D eigenvalue weighted by Gasteiger charge is 2.28. The molecule has 2 N–H and O–H groups in total. The third-order valence-electron chi connectivity index (χ3n) is 3.71. The van der Waals surface area contributed by atoms with Gasteiger partial charge in [0.25, 0.3) is 0 Å². The number of likely N-dealkylation sites (tertiary alicyclic amines) is 1. The van der Waals surface area contributed by atoms with Crippen LogP contribution in [0.5, 0.6) is 0 Å². The first-order chi connectivity index (χ1) is 9.34. The fourth-order valence-corrected chi connectivity index (χ4v) is 2.39. The minimum Gasteiger partial charge on any atom is -0.480 e. The molecule has 116 valence electrons. The van der Waals surface area contributed by atoms with Crippen LogP contribution in [0.3, 0.4) is 0 Å². The van der Waals surface area contributed by atoms with Crippen LogP contribution in [-0.4, -0.2) is 60.8 Å². The van der Waals surface area contributed by atoms with Crippen LogP contribution in [0.1, 0.15) is 33.1 Å². The van der Waals surface area contributed by atoms with Gasteiger partial charge in [0.15, 0.2) is 0 Å². The molecule has 0 aromatic heterocycles. The minimum atomic E-state index is -0.851. The maximum atomic E-state index is 12.2. The molecule has 1 atom stereocenters. The van der Waals surface area contributed by atoms with Gasteiger partial charge in [0.2, 0.25) is 5.91 Å². The third kappa shape index (κ3) is 5.88. The summed E-state index contributed by atoms with van der Waals surface area (Å²) < 4.78 is 5.29. The fourth-order valence-electron chi connectivity index (χ4n) is 2.39. The number of nitrogens with one attached hydrogen (secondary N) is 1. The smallest absolute Gasteiger partial charge is 0.317 e. The fraction of sp³-hybridized carbons (Fsp3) is 0.857. The number of aliphatic carboxylic acids is 1. The van der Waals surface area contributed by atoms with Crippen LogP contribution in [0, 0.1) is 5.92 Å². The number of nitrogens with zero attached hydrogens (tertiary/aromatic N) is 1. The van der Waals surface area contributed by atoms with Gasteiger partial charge in [-0.1, -0.05) is 0 Å². The summed E-state index contributed by atoms with van der Waals surface area (Å²) >= 11 is 0. The Morgan fingerprint density at radius 1 is 1.45 bits per heavy atom. The summed E-state index contributed by atoms with van der Waals surface area (Å²) in [6.45, 7) is 5.91. The van der Waals surface area contributed by atoms with E-state index in [9.17, 15) is 9.59 Å². The molecule has 0 spiro atoms. The van der Waals surface area contributed by atoms with Crippen molar-refractivity contribution in [1.29, 1.82) is 0 Å². The summed E-state index contributed by atoms with van der Waals surface area (Å²) in [6, 6.07) is 0. The lowest BCUT2D eigenvalue weighted by Crippen LogP contribution is -2.45. The highest BCUT2D eigenvalue weighted by atomic mass is 16.5. The zero-order valence-electron chi connectivity index (χ0n) is 12.6. The maximum Gasteiger partial charge on any atom is 0.317 e. The van der Waals surface area contributed by atoms with Crippen molar-refractivity contribution in [3.05, 3.63) is 0 Å². The Kier molecular flexibility index (Phi) is 6.42. The molecule has 6 nitrogen and oxygen atoms in total. The van der Waals surface area contributed by atoms with Gasteiger partial charge in [-0.15, -0.1) is 0 Å². The van der Waals surface area contributed by atoms with Crippen LogP contribution < -0.4 is 5.32 Å². The van der Waals surface area contributed by atoms with E-state index >= 15 is 0 Å². The number of hydrogen-bond acceptors (Lipinski definition) is 4. The number of carboxylic acids is 1. The second-order valence-corrected chi connectivity index (χ2v) is 6.01. The van der Waals surface area contributed by atoms with Crippen LogP contribution in [0.4, 0.5) is 0 Å². The monoisotopic (exact) mass is 286 g/mol. The Morgan fingerprint density at radius 3 is 2.75 bits per heavy atom. The average molecular weight is 286 g/mol. The van der Waals surface area contributed by atoms with Crippen molar-refractivity contribution >= 4 is 11.9 Å². The second-order valence-electron chi connectivity index (χ2n) is 6.01. The first kappa shape index (κ1) is 16.9. The van der Waals surface area contributed by atoms with Crippen molar-refractivity contribution in [2.75, 3.05) is 33.3 Å². The molecule has 1 amide bonds. The summed E-state index contributed by atoms with van der Waals surface area (Å²) in [7, 11) is 1.61. The van der Waals surface area contributed by atoms with Crippen LogP contribution in [0.15, 0.2) is 0 Å². The summed E-state index contributed by atoms with van der Waals surface area (Å²) in [5.74, 6) is -0.409. The number of hydrogen-bond donors (Lipinski definition) is 2. The molecule has 0 aromatic carbocycles. The molecule has 1 aliphatic rings. The first-order valence-electron chi connectivity index (χ1n) is 7.09. The van der Waals surface area contributed by atoms with E-state index in [1.54, 1.807) is 7.11 Å². The van der Waals surface area contributed by atoms with Gasteiger partial charge in [0, 0.05) is 26.7 Å². The van der Waals surface area contributed by atoms with Crippen LogP contribution in [0.25, 0.3) is 0 Å². The highest BCUT2D eigenvalue weighted by Crippen LogP contribution is 2.20. The van der Waals surface area contributed by atoms with Crippen LogP contribution in [-0.2, 0) is 14.3 Å². The molecule has 1 fully saturated rings. The van der Waals surface area contributed by atoms with Crippen molar-refractivity contribution in [3.63, 3.8) is 0 Å². The molecule has 1 saturated heterocycles. The van der Waals surface area contributed by atoms with E-state index in [0.717, 1.165) is 19.4 Å². The number of methoxy groups -OCH3 is 1. The molecule has 0 saturated carbocycles. The Morgan fingerprint density at radius 2 is 2.15 bits per heavy atom. The summed E-state index contributed by atoms with van der Waals surface area (Å²) in [5, 5.41) is 11.5. The SMILES string of the molecule is COC(C)(C)CC(=O)N1CCCC(CNCC(=O)O)C1. The van der Waals surface area contributed by atoms with Crippen LogP contribution in [0.2, 0.25) is 0 Å². The Hall–Kier alpha value is -1.14. The van der Waals surface area contributed by atoms with Gasteiger partial charge in [0.1, 0.15) is 0 Å². The zero-order chi connectivity index (χ0) is 15.2. The average Bonchev–Trinajstić information content (AvgIpc) is 2.38. The standard InChI is InChI=1S/C14H26N2O4/c1-14(2,20-3)7-12(17)16-6-4-5-11(10-16)8-15-9-13(18)19/h11,15H,4-10H2,1-3H3,(H,18,19). The first-order valence-corrected chi connectivity index (χ1v) is 7.09. The van der Waals surface area contributed by atoms with E-state index in [-0.39, 0.29) is 12.5 Å². The largest absolute Gasteiger partial charge is 0.480 e. The molecule has 6 heteroatoms. The zero-order valence-corrected chi connectivity index (χ0v) is 12.6. The number of amides is 1. The van der Waals surface area contributed by atoms with Crippen molar-refractivity contribution in [3.8, 4) is 0 Å². The predicted molar refractivity (Wildman–Crippen MR) is 75.5 cm³/mol. The maximum absolute atomic E-state index is 12.2. The summed E-state index contributed by atoms with van der Waals surface area (Å²) in [4.78, 5) is 24.6. The van der Waals surface area contributed by atoms with Gasteiger partial charge in [0.05, 0.1) is 18.6 Å². The van der Waals surface area contributed by atoms with E-state index in [2.05, 4.69) is 5.32 Å². The Balaban J connectivity index is 2.40. The number of rotatable bonds is 7. The number of carboxylic acid groups (broad SMARTS) is 1. The number of carbonyl (C=O) groups is 2. The molecule has 0 aromatic rings. The molecular weight excluding hydrogens is 260 g/mol. The molecule has 0 aliphatic carbocycles. The number of carbonyl (C=O) groups excluding carboxylic acids is 1. The van der Waals surface area contributed by atoms with Gasteiger partial charge in [-0.3, -0.25) is 9.59 Å². The number of ether oxygens (including phenoxy) is 1. The highest BCUT2D eigenvalue weighted by molar-refractivity contribution is 5.77. The molecule has 0 radical (unpaired) electrons. The Labute approximate surface area is 120 Å². The van der Waals surface area contributed by atoms with Gasteiger partial charge >= 0.3 is 5.97 Å². The molecule has 1 rings (SSSR count). The molecule has 20 heavy (non-hydrogen) atoms. The molecular formula is C14H26N2O4. The van der Waals surface area contributed by atoms with Crippen LogP contribution >= 0.6 is 0 Å². The van der Waals surface area contributed by atoms with E-state index in [0.29, 0.717) is 25.4 Å². The lowest BCUT2D eigenvalue weighted by Gasteiger charge is -2.35. The minimum absolute atomic E-state index is 0.0266. The van der Waals surface area contributed by atoms with Crippen molar-refractivity contribution < 1.29 is 19.4 Å². The molecule has 1 aliphatic heterocycles. The van der Waals surface area contributed by atoms with E-state index in [1.807, 2.05) is 18.7 Å². The molecule has 0 bridgehead atoms. The Bertz CT molecular complexity index is 344. The van der Waals surface area contributed by atoms with Crippen molar-refractivity contribution in [2.45, 2.75) is 38.7 Å². The predicted octanol–water partition coefficient (Wildman–Crippen LogP) is 0.714. The summed E-state index contributed by atoms with van der Waals surface area (Å²) in [6.07, 6.45) is 2.38. The van der Waals surface area contributed by atoms with Gasteiger partial charge in [-0.05, 0) is 32.6 Å². The summed E-state index contributed by atoms with van der Waals surface area (Å²) in [5.41, 5.74) is -0.439. The topological polar surface area (TPSA) is 78.9 Å². The normalized spacial score (nSPS) is 19.9. The van der Waals surface area contributed by atoms with Gasteiger partial charge in [-0.25, -0.2) is 0 Å². The van der Waals surface area contributed by atoms with Crippen molar-refractivity contribution in [1.82, 2.24) is 10.2 Å². The van der Waals surface area contributed by atoms with E-state index in [4.69, 9.17) is 9.84 Å². The van der Waals surface area contributed by atoms with Crippen molar-refractivity contribution in [2.24, 2.45) is 5.92 Å². The lowest BCUT2D eigenvalue weighted by molar-refractivity contribution is -0.139. The van der Waals surface area contributed by atoms with Gasteiger partial charge < -0.3 is 20.1 Å². The van der Waals surface area contributed by atoms with E-state index in [1.165, 1.54) is 0 Å². The molecule has 1 heterocycles. The lowest BCUT2D eigenvalue weighted by atomic mass is 9.96. The quantitative estimate of drug-likeness (QED) is 0.721. The molecule has 1 unspecified atom stereocenters. The number of piperidine rings is 1. The van der Waals surface area contributed by atoms with Gasteiger partial charge in [-0.2, -0.15) is 0 Å². The van der Waals surface area contributed by atoms with E-state index < -0.39 is 11.6 Å². The second kappa shape index (κ2) is 7.59. The third-order valence-corrected chi connectivity index (χ3v) is 3.71.